The van der Waals surface area contributed by atoms with Gasteiger partial charge in [-0.3, -0.25) is 9.59 Å². The molecule has 1 aliphatic rings. The topological polar surface area (TPSA) is 80.4 Å². The molecule has 0 radical (unpaired) electrons. The summed E-state index contributed by atoms with van der Waals surface area (Å²) in [7, 11) is 0. The van der Waals surface area contributed by atoms with Crippen LogP contribution in [0.4, 0.5) is 5.82 Å². The standard InChI is InChI=1S/C26H32N4O3/c1-18-9-5-6-13-21(18)30-23(15-22(28-30)26(2,3)4)27-24(31)17-29(16-20-12-8-14-33-20)25(32)19-10-7-11-19/h5-6,8-9,12-15,19H,7,10-11,16-17H2,1-4H3,(H,27,31). The molecule has 4 rings (SSSR count). The van der Waals surface area contributed by atoms with Crippen molar-refractivity contribution >= 4 is 17.6 Å². The lowest BCUT2D eigenvalue weighted by Crippen LogP contribution is -2.42. The molecule has 1 aliphatic carbocycles. The molecule has 0 aliphatic heterocycles. The predicted molar refractivity (Wildman–Crippen MR) is 127 cm³/mol. The predicted octanol–water partition coefficient (Wildman–Crippen LogP) is 4.84. The Morgan fingerprint density at radius 2 is 1.94 bits per heavy atom. The zero-order valence-corrected chi connectivity index (χ0v) is 19.8. The summed E-state index contributed by atoms with van der Waals surface area (Å²) in [5.41, 5.74) is 2.65. The molecule has 7 nitrogen and oxygen atoms in total. The van der Waals surface area contributed by atoms with Crippen LogP contribution in [0.5, 0.6) is 0 Å². The number of hydrogen-bond acceptors (Lipinski definition) is 4. The lowest BCUT2D eigenvalue weighted by Gasteiger charge is -2.30. The molecule has 2 heterocycles. The fourth-order valence-corrected chi connectivity index (χ4v) is 3.89. The minimum Gasteiger partial charge on any atom is -0.467 e. The first-order valence-electron chi connectivity index (χ1n) is 11.5. The maximum absolute atomic E-state index is 13.1. The van der Waals surface area contributed by atoms with Gasteiger partial charge in [0.25, 0.3) is 0 Å². The third kappa shape index (κ3) is 5.18. The van der Waals surface area contributed by atoms with Gasteiger partial charge in [0.15, 0.2) is 0 Å². The maximum atomic E-state index is 13.1. The smallest absolute Gasteiger partial charge is 0.245 e. The second kappa shape index (κ2) is 9.25. The number of nitrogens with one attached hydrogen (secondary N) is 1. The van der Waals surface area contributed by atoms with Crippen molar-refractivity contribution in [1.82, 2.24) is 14.7 Å². The van der Waals surface area contributed by atoms with Crippen LogP contribution < -0.4 is 5.32 Å². The molecule has 33 heavy (non-hydrogen) atoms. The molecule has 7 heteroatoms. The van der Waals surface area contributed by atoms with Gasteiger partial charge in [0.2, 0.25) is 11.8 Å². The van der Waals surface area contributed by atoms with E-state index >= 15 is 0 Å². The summed E-state index contributed by atoms with van der Waals surface area (Å²) < 4.78 is 7.21. The van der Waals surface area contributed by atoms with Crippen molar-refractivity contribution in [2.24, 2.45) is 5.92 Å². The average Bonchev–Trinajstić information content (AvgIpc) is 3.36. The first-order valence-corrected chi connectivity index (χ1v) is 11.5. The first-order chi connectivity index (χ1) is 15.7. The number of aromatic nitrogens is 2. The van der Waals surface area contributed by atoms with Crippen molar-refractivity contribution in [3.8, 4) is 5.69 Å². The molecule has 1 fully saturated rings. The molecule has 1 saturated carbocycles. The fourth-order valence-electron chi connectivity index (χ4n) is 3.89. The number of carbonyl (C=O) groups excluding carboxylic acids is 2. The maximum Gasteiger partial charge on any atom is 0.245 e. The van der Waals surface area contributed by atoms with Crippen molar-refractivity contribution in [3.05, 3.63) is 65.7 Å². The Morgan fingerprint density at radius 3 is 2.55 bits per heavy atom. The molecular weight excluding hydrogens is 416 g/mol. The van der Waals surface area contributed by atoms with Crippen molar-refractivity contribution in [3.63, 3.8) is 0 Å². The van der Waals surface area contributed by atoms with Crippen molar-refractivity contribution in [1.29, 1.82) is 0 Å². The number of para-hydroxylation sites is 1. The van der Waals surface area contributed by atoms with Crippen LogP contribution in [0.15, 0.2) is 53.1 Å². The average molecular weight is 449 g/mol. The SMILES string of the molecule is Cc1ccccc1-n1nc(C(C)(C)C)cc1NC(=O)CN(Cc1ccco1)C(=O)C1CCC1. The Kier molecular flexibility index (Phi) is 6.40. The van der Waals surface area contributed by atoms with Crippen molar-refractivity contribution < 1.29 is 14.0 Å². The fraction of sp³-hybridized carbons (Fsp3) is 0.423. The second-order valence-corrected chi connectivity index (χ2v) is 9.81. The summed E-state index contributed by atoms with van der Waals surface area (Å²) in [6, 6.07) is 13.4. The Hall–Kier alpha value is -3.35. The molecule has 3 aromatic rings. The minimum atomic E-state index is -0.260. The van der Waals surface area contributed by atoms with E-state index in [4.69, 9.17) is 9.52 Å². The number of aryl methyl sites for hydroxylation is 1. The zero-order valence-electron chi connectivity index (χ0n) is 19.8. The van der Waals surface area contributed by atoms with E-state index in [1.807, 2.05) is 43.3 Å². The third-order valence-electron chi connectivity index (χ3n) is 6.12. The summed E-state index contributed by atoms with van der Waals surface area (Å²) in [4.78, 5) is 27.7. The van der Waals surface area contributed by atoms with Gasteiger partial charge in [0.1, 0.15) is 18.1 Å². The van der Waals surface area contributed by atoms with Gasteiger partial charge in [-0.1, -0.05) is 45.4 Å². The zero-order chi connectivity index (χ0) is 23.6. The number of benzene rings is 1. The number of amides is 2. The number of rotatable bonds is 7. The van der Waals surface area contributed by atoms with E-state index in [0.717, 1.165) is 36.2 Å². The molecule has 2 aromatic heterocycles. The van der Waals surface area contributed by atoms with Gasteiger partial charge in [0, 0.05) is 17.4 Å². The largest absolute Gasteiger partial charge is 0.467 e. The molecule has 0 saturated heterocycles. The van der Waals surface area contributed by atoms with E-state index < -0.39 is 0 Å². The van der Waals surface area contributed by atoms with Crippen LogP contribution in [0.3, 0.4) is 0 Å². The van der Waals surface area contributed by atoms with Crippen LogP contribution in [0.25, 0.3) is 5.69 Å². The summed E-state index contributed by atoms with van der Waals surface area (Å²) in [6.07, 6.45) is 4.40. The van der Waals surface area contributed by atoms with Crippen LogP contribution in [-0.2, 0) is 21.5 Å². The second-order valence-electron chi connectivity index (χ2n) is 9.81. The molecule has 0 spiro atoms. The number of carbonyl (C=O) groups is 2. The van der Waals surface area contributed by atoms with E-state index in [1.54, 1.807) is 21.9 Å². The summed E-state index contributed by atoms with van der Waals surface area (Å²) >= 11 is 0. The third-order valence-corrected chi connectivity index (χ3v) is 6.12. The van der Waals surface area contributed by atoms with Crippen LogP contribution in [-0.4, -0.2) is 33.0 Å². The van der Waals surface area contributed by atoms with Gasteiger partial charge in [0.05, 0.1) is 24.2 Å². The summed E-state index contributed by atoms with van der Waals surface area (Å²) in [6.45, 7) is 8.52. The molecule has 1 N–H and O–H groups in total. The highest BCUT2D eigenvalue weighted by Crippen LogP contribution is 2.30. The number of anilines is 1. The van der Waals surface area contributed by atoms with Gasteiger partial charge >= 0.3 is 0 Å². The molecule has 2 amide bonds. The summed E-state index contributed by atoms with van der Waals surface area (Å²) in [5, 5.41) is 7.80. The van der Waals surface area contributed by atoms with Gasteiger partial charge in [-0.2, -0.15) is 5.10 Å². The van der Waals surface area contributed by atoms with Gasteiger partial charge in [-0.25, -0.2) is 4.68 Å². The monoisotopic (exact) mass is 448 g/mol. The Morgan fingerprint density at radius 1 is 1.18 bits per heavy atom. The van der Waals surface area contributed by atoms with E-state index in [9.17, 15) is 9.59 Å². The highest BCUT2D eigenvalue weighted by molar-refractivity contribution is 5.94. The number of hydrogen-bond donors (Lipinski definition) is 1. The van der Waals surface area contributed by atoms with E-state index in [-0.39, 0.29) is 36.2 Å². The Balaban J connectivity index is 1.57. The van der Waals surface area contributed by atoms with E-state index in [1.165, 1.54) is 0 Å². The molecule has 0 bridgehead atoms. The Labute approximate surface area is 194 Å². The molecular formula is C26H32N4O3. The lowest BCUT2D eigenvalue weighted by molar-refractivity contribution is -0.141. The Bertz CT molecular complexity index is 1120. The first kappa shape index (κ1) is 22.8. The van der Waals surface area contributed by atoms with Crippen molar-refractivity contribution in [2.75, 3.05) is 11.9 Å². The highest BCUT2D eigenvalue weighted by atomic mass is 16.3. The lowest BCUT2D eigenvalue weighted by atomic mass is 9.84. The molecule has 0 unspecified atom stereocenters. The van der Waals surface area contributed by atoms with Crippen LogP contribution >= 0.6 is 0 Å². The van der Waals surface area contributed by atoms with Gasteiger partial charge < -0.3 is 14.6 Å². The van der Waals surface area contributed by atoms with Gasteiger partial charge in [-0.15, -0.1) is 0 Å². The van der Waals surface area contributed by atoms with Crippen LogP contribution in [0, 0.1) is 12.8 Å². The molecule has 1 aromatic carbocycles. The minimum absolute atomic E-state index is 0.00208. The highest BCUT2D eigenvalue weighted by Gasteiger charge is 2.31. The summed E-state index contributed by atoms with van der Waals surface area (Å²) in [5.74, 6) is 1.00. The normalized spacial score (nSPS) is 14.1. The van der Waals surface area contributed by atoms with Crippen LogP contribution in [0.2, 0.25) is 0 Å². The molecule has 174 valence electrons. The number of nitrogens with zero attached hydrogens (tertiary/aromatic N) is 3. The van der Waals surface area contributed by atoms with E-state index in [2.05, 4.69) is 26.1 Å². The molecule has 0 atom stereocenters. The van der Waals surface area contributed by atoms with Gasteiger partial charge in [-0.05, 0) is 43.5 Å². The van der Waals surface area contributed by atoms with E-state index in [0.29, 0.717) is 11.6 Å². The van der Waals surface area contributed by atoms with Crippen LogP contribution in [0.1, 0.15) is 57.1 Å². The number of furan rings is 1. The van der Waals surface area contributed by atoms with Crippen molar-refractivity contribution in [2.45, 2.75) is 58.9 Å². The quantitative estimate of drug-likeness (QED) is 0.561.